The van der Waals surface area contributed by atoms with Gasteiger partial charge in [0.1, 0.15) is 11.0 Å². The number of benzene rings is 1. The second-order valence-corrected chi connectivity index (χ2v) is 5.14. The largest absolute Gasteiger partial charge is 0.345 e. The van der Waals surface area contributed by atoms with Gasteiger partial charge < -0.3 is 5.32 Å². The van der Waals surface area contributed by atoms with E-state index in [0.29, 0.717) is 0 Å². The van der Waals surface area contributed by atoms with Crippen LogP contribution in [0.5, 0.6) is 0 Å². The Hall–Kier alpha value is -1.94. The van der Waals surface area contributed by atoms with Gasteiger partial charge in [0.2, 0.25) is 0 Å². The Morgan fingerprint density at radius 2 is 2.05 bits per heavy atom. The molecule has 1 amide bonds. The average molecular weight is 307 g/mol. The summed E-state index contributed by atoms with van der Waals surface area (Å²) >= 11 is 5.82. The van der Waals surface area contributed by atoms with E-state index in [1.807, 2.05) is 31.2 Å². The molecule has 0 aliphatic heterocycles. The van der Waals surface area contributed by atoms with Gasteiger partial charge >= 0.3 is 0 Å². The van der Waals surface area contributed by atoms with Crippen LogP contribution in [-0.2, 0) is 6.42 Å². The van der Waals surface area contributed by atoms with Crippen molar-refractivity contribution >= 4 is 17.5 Å². The number of pyridine rings is 1. The van der Waals surface area contributed by atoms with E-state index in [2.05, 4.69) is 17.2 Å². The molecule has 21 heavy (non-hydrogen) atoms. The highest BCUT2D eigenvalue weighted by molar-refractivity contribution is 6.32. The summed E-state index contributed by atoms with van der Waals surface area (Å²) in [6.45, 7) is 3.94. The van der Waals surface area contributed by atoms with E-state index in [9.17, 15) is 9.18 Å². The fraction of sp³-hybridized carbons (Fsp3) is 0.250. The highest BCUT2D eigenvalue weighted by Gasteiger charge is 2.16. The van der Waals surface area contributed by atoms with Crippen molar-refractivity contribution in [3.8, 4) is 0 Å². The molecule has 1 unspecified atom stereocenters. The molecule has 1 aromatic heterocycles. The van der Waals surface area contributed by atoms with Crippen LogP contribution in [0.4, 0.5) is 4.39 Å². The van der Waals surface area contributed by atoms with Gasteiger partial charge in [-0.15, -0.1) is 0 Å². The molecule has 2 aromatic rings. The Morgan fingerprint density at radius 3 is 2.67 bits per heavy atom. The summed E-state index contributed by atoms with van der Waals surface area (Å²) in [5.41, 5.74) is 2.24. The number of carbonyl (C=O) groups excluding carboxylic acids is 1. The van der Waals surface area contributed by atoms with E-state index in [0.717, 1.165) is 24.2 Å². The molecular weight excluding hydrogens is 291 g/mol. The van der Waals surface area contributed by atoms with Crippen molar-refractivity contribution in [1.29, 1.82) is 0 Å². The first-order valence-corrected chi connectivity index (χ1v) is 7.09. The van der Waals surface area contributed by atoms with Crippen molar-refractivity contribution in [3.63, 3.8) is 0 Å². The fourth-order valence-corrected chi connectivity index (χ4v) is 2.17. The van der Waals surface area contributed by atoms with Crippen LogP contribution in [-0.4, -0.2) is 10.9 Å². The van der Waals surface area contributed by atoms with Gasteiger partial charge in [-0.2, -0.15) is 0 Å². The maximum absolute atomic E-state index is 13.2. The molecule has 0 bridgehead atoms. The maximum Gasteiger partial charge on any atom is 0.254 e. The van der Waals surface area contributed by atoms with Gasteiger partial charge in [-0.05, 0) is 30.5 Å². The van der Waals surface area contributed by atoms with Gasteiger partial charge in [0.25, 0.3) is 5.91 Å². The Balaban J connectivity index is 2.12. The van der Waals surface area contributed by atoms with Crippen LogP contribution in [0.2, 0.25) is 5.15 Å². The number of hydrogen-bond donors (Lipinski definition) is 1. The van der Waals surface area contributed by atoms with E-state index in [-0.39, 0.29) is 16.8 Å². The van der Waals surface area contributed by atoms with E-state index in [4.69, 9.17) is 11.6 Å². The van der Waals surface area contributed by atoms with Crippen LogP contribution >= 0.6 is 11.6 Å². The number of rotatable bonds is 4. The molecule has 5 heteroatoms. The van der Waals surface area contributed by atoms with Crippen molar-refractivity contribution in [2.75, 3.05) is 0 Å². The number of aryl methyl sites for hydroxylation is 1. The Morgan fingerprint density at radius 1 is 1.38 bits per heavy atom. The van der Waals surface area contributed by atoms with Crippen LogP contribution in [0.3, 0.4) is 0 Å². The smallest absolute Gasteiger partial charge is 0.254 e. The molecule has 110 valence electrons. The molecule has 1 aromatic carbocycles. The lowest BCUT2D eigenvalue weighted by Gasteiger charge is -2.15. The first-order valence-electron chi connectivity index (χ1n) is 6.72. The molecule has 1 N–H and O–H groups in total. The molecule has 0 spiro atoms. The third kappa shape index (κ3) is 3.79. The lowest BCUT2D eigenvalue weighted by Crippen LogP contribution is -2.27. The average Bonchev–Trinajstić information content (AvgIpc) is 2.49. The van der Waals surface area contributed by atoms with Gasteiger partial charge in [-0.1, -0.05) is 42.8 Å². The minimum atomic E-state index is -0.593. The number of aromatic nitrogens is 1. The number of nitrogens with one attached hydrogen (secondary N) is 1. The molecular formula is C16H16ClFN2O. The molecule has 0 saturated heterocycles. The Labute approximate surface area is 128 Å². The zero-order chi connectivity index (χ0) is 15.4. The van der Waals surface area contributed by atoms with Crippen LogP contribution in [0, 0.1) is 5.82 Å². The number of carbonyl (C=O) groups is 1. The zero-order valence-corrected chi connectivity index (χ0v) is 12.6. The van der Waals surface area contributed by atoms with E-state index >= 15 is 0 Å². The van der Waals surface area contributed by atoms with E-state index in [1.54, 1.807) is 0 Å². The number of amides is 1. The summed E-state index contributed by atoms with van der Waals surface area (Å²) in [4.78, 5) is 15.8. The Bertz CT molecular complexity index is 643. The summed E-state index contributed by atoms with van der Waals surface area (Å²) in [5, 5.41) is 2.78. The summed E-state index contributed by atoms with van der Waals surface area (Å²) in [6, 6.07) is 8.86. The quantitative estimate of drug-likeness (QED) is 0.870. The minimum absolute atomic E-state index is 0.0116. The van der Waals surface area contributed by atoms with Crippen molar-refractivity contribution < 1.29 is 9.18 Å². The number of hydrogen-bond acceptors (Lipinski definition) is 2. The molecule has 0 radical (unpaired) electrons. The maximum atomic E-state index is 13.2. The third-order valence-electron chi connectivity index (χ3n) is 3.29. The number of halogens is 2. The van der Waals surface area contributed by atoms with Crippen LogP contribution in [0.1, 0.15) is 41.4 Å². The summed E-state index contributed by atoms with van der Waals surface area (Å²) in [6.07, 6.45) is 1.94. The van der Waals surface area contributed by atoms with Crippen molar-refractivity contribution in [2.24, 2.45) is 0 Å². The van der Waals surface area contributed by atoms with Gasteiger partial charge in [0.15, 0.2) is 0 Å². The predicted molar refractivity (Wildman–Crippen MR) is 80.9 cm³/mol. The fourth-order valence-electron chi connectivity index (χ4n) is 1.98. The van der Waals surface area contributed by atoms with Gasteiger partial charge in [0, 0.05) is 0 Å². The lowest BCUT2D eigenvalue weighted by atomic mass is 10.0. The molecule has 0 aliphatic carbocycles. The van der Waals surface area contributed by atoms with E-state index < -0.39 is 11.7 Å². The summed E-state index contributed by atoms with van der Waals surface area (Å²) in [7, 11) is 0. The first kappa shape index (κ1) is 15.4. The molecule has 1 heterocycles. The first-order chi connectivity index (χ1) is 10.0. The SMILES string of the molecule is CCc1ccc(C(C)NC(=O)c2cc(F)cnc2Cl)cc1. The van der Waals surface area contributed by atoms with Crippen molar-refractivity contribution in [1.82, 2.24) is 10.3 Å². The standard InChI is InChI=1S/C16H16ClFN2O/c1-3-11-4-6-12(7-5-11)10(2)20-16(21)14-8-13(18)9-19-15(14)17/h4-10H,3H2,1-2H3,(H,20,21). The Kier molecular flexibility index (Phi) is 4.91. The molecule has 1 atom stereocenters. The van der Waals surface area contributed by atoms with Gasteiger partial charge in [0.05, 0.1) is 17.8 Å². The van der Waals surface area contributed by atoms with Gasteiger partial charge in [-0.3, -0.25) is 4.79 Å². The minimum Gasteiger partial charge on any atom is -0.345 e. The molecule has 0 fully saturated rings. The van der Waals surface area contributed by atoms with E-state index in [1.165, 1.54) is 5.56 Å². The second kappa shape index (κ2) is 6.68. The second-order valence-electron chi connectivity index (χ2n) is 4.78. The predicted octanol–water partition coefficient (Wildman–Crippen LogP) is 3.93. The summed E-state index contributed by atoms with van der Waals surface area (Å²) in [5.74, 6) is -1.04. The lowest BCUT2D eigenvalue weighted by molar-refractivity contribution is 0.0939. The molecule has 3 nitrogen and oxygen atoms in total. The zero-order valence-electron chi connectivity index (χ0n) is 11.9. The third-order valence-corrected chi connectivity index (χ3v) is 3.59. The number of nitrogens with zero attached hydrogens (tertiary/aromatic N) is 1. The van der Waals surface area contributed by atoms with Crippen molar-refractivity contribution in [3.05, 3.63) is 64.2 Å². The van der Waals surface area contributed by atoms with Crippen molar-refractivity contribution in [2.45, 2.75) is 26.3 Å². The van der Waals surface area contributed by atoms with Gasteiger partial charge in [-0.25, -0.2) is 9.37 Å². The molecule has 2 rings (SSSR count). The highest BCUT2D eigenvalue weighted by Crippen LogP contribution is 2.17. The van der Waals surface area contributed by atoms with Crippen LogP contribution in [0.15, 0.2) is 36.5 Å². The highest BCUT2D eigenvalue weighted by atomic mass is 35.5. The van der Waals surface area contributed by atoms with Crippen LogP contribution < -0.4 is 5.32 Å². The molecule has 0 aliphatic rings. The molecule has 0 saturated carbocycles. The van der Waals surface area contributed by atoms with Crippen LogP contribution in [0.25, 0.3) is 0 Å². The normalized spacial score (nSPS) is 12.0. The topological polar surface area (TPSA) is 42.0 Å². The summed E-state index contributed by atoms with van der Waals surface area (Å²) < 4.78 is 13.2. The monoisotopic (exact) mass is 306 g/mol.